The van der Waals surface area contributed by atoms with Crippen molar-refractivity contribution in [3.63, 3.8) is 0 Å². The van der Waals surface area contributed by atoms with E-state index in [1.165, 1.54) is 0 Å². The fourth-order valence-electron chi connectivity index (χ4n) is 4.47. The fourth-order valence-corrected chi connectivity index (χ4v) is 4.47. The van der Waals surface area contributed by atoms with E-state index in [0.29, 0.717) is 36.1 Å². The van der Waals surface area contributed by atoms with Crippen molar-refractivity contribution < 1.29 is 28.5 Å². The first-order chi connectivity index (χ1) is 17.0. The Bertz CT molecular complexity index is 1310. The van der Waals surface area contributed by atoms with Crippen LogP contribution in [0.15, 0.2) is 54.3 Å². The van der Waals surface area contributed by atoms with E-state index in [1.54, 1.807) is 33.5 Å². The number of hydrogen-bond acceptors (Lipinski definition) is 7. The van der Waals surface area contributed by atoms with E-state index in [-0.39, 0.29) is 11.5 Å². The zero-order valence-corrected chi connectivity index (χ0v) is 20.2. The highest BCUT2D eigenvalue weighted by Gasteiger charge is 2.33. The molecule has 0 atom stereocenters. The number of nitrogens with zero attached hydrogens (tertiary/aromatic N) is 1. The van der Waals surface area contributed by atoms with Gasteiger partial charge in [-0.25, -0.2) is 0 Å². The average molecular weight is 474 g/mol. The lowest BCUT2D eigenvalue weighted by molar-refractivity contribution is 0.0876. The highest BCUT2D eigenvalue weighted by atomic mass is 16.5. The summed E-state index contributed by atoms with van der Waals surface area (Å²) in [6, 6.07) is 15.3. The van der Waals surface area contributed by atoms with Gasteiger partial charge in [0.1, 0.15) is 35.5 Å². The molecule has 35 heavy (non-hydrogen) atoms. The normalized spacial score (nSPS) is 15.8. The first-order valence-corrected chi connectivity index (χ1v) is 11.3. The second-order valence-corrected chi connectivity index (χ2v) is 8.52. The standard InChI is InChI=1S/C28H27NO6/c1-17-27-20(15-29(16-34-27)14-18-5-8-21(31-2)9-6-18)11-23-26(30)25(35-28(17)23)12-19-7-10-22(32-3)13-24(19)33-4/h5-13H,14-16H2,1-4H3/b25-12-. The van der Waals surface area contributed by atoms with Crippen molar-refractivity contribution >= 4 is 11.9 Å². The zero-order chi connectivity index (χ0) is 24.5. The average Bonchev–Trinajstić information content (AvgIpc) is 3.20. The summed E-state index contributed by atoms with van der Waals surface area (Å²) in [6.07, 6.45) is 1.70. The van der Waals surface area contributed by atoms with Gasteiger partial charge in [-0.15, -0.1) is 0 Å². The first kappa shape index (κ1) is 22.8. The molecule has 2 aliphatic rings. The van der Waals surface area contributed by atoms with Crippen molar-refractivity contribution in [1.82, 2.24) is 4.90 Å². The number of Topliss-reactive ketones (excluding diaryl/α,β-unsaturated/α-hetero) is 1. The third-order valence-electron chi connectivity index (χ3n) is 6.29. The molecule has 7 heteroatoms. The summed E-state index contributed by atoms with van der Waals surface area (Å²) >= 11 is 0. The lowest BCUT2D eigenvalue weighted by Crippen LogP contribution is -2.32. The molecule has 2 heterocycles. The molecule has 2 aliphatic heterocycles. The van der Waals surface area contributed by atoms with Gasteiger partial charge in [0, 0.05) is 35.8 Å². The molecule has 0 saturated heterocycles. The van der Waals surface area contributed by atoms with Crippen LogP contribution in [0, 0.1) is 6.92 Å². The van der Waals surface area contributed by atoms with Gasteiger partial charge in [-0.1, -0.05) is 12.1 Å². The molecule has 3 aromatic carbocycles. The fraction of sp³-hybridized carbons (Fsp3) is 0.250. The van der Waals surface area contributed by atoms with Gasteiger partial charge in [-0.3, -0.25) is 9.69 Å². The van der Waals surface area contributed by atoms with Crippen molar-refractivity contribution in [2.75, 3.05) is 28.1 Å². The minimum atomic E-state index is -0.156. The molecular weight excluding hydrogens is 446 g/mol. The molecule has 0 amide bonds. The molecule has 0 fully saturated rings. The molecule has 180 valence electrons. The summed E-state index contributed by atoms with van der Waals surface area (Å²) in [5, 5.41) is 0. The van der Waals surface area contributed by atoms with E-state index in [4.69, 9.17) is 23.7 Å². The molecule has 7 nitrogen and oxygen atoms in total. The lowest BCUT2D eigenvalue weighted by Gasteiger charge is -2.30. The number of fused-ring (bicyclic) bond motifs is 2. The van der Waals surface area contributed by atoms with Gasteiger partial charge in [-0.2, -0.15) is 0 Å². The van der Waals surface area contributed by atoms with Crippen LogP contribution in [0.25, 0.3) is 6.08 Å². The van der Waals surface area contributed by atoms with E-state index in [2.05, 4.69) is 4.90 Å². The molecule has 0 bridgehead atoms. The van der Waals surface area contributed by atoms with Crippen molar-refractivity contribution in [2.45, 2.75) is 20.0 Å². The number of benzene rings is 3. The molecule has 0 unspecified atom stereocenters. The van der Waals surface area contributed by atoms with Crippen molar-refractivity contribution in [2.24, 2.45) is 0 Å². The third kappa shape index (κ3) is 4.31. The van der Waals surface area contributed by atoms with Crippen LogP contribution in [0.3, 0.4) is 0 Å². The van der Waals surface area contributed by atoms with E-state index < -0.39 is 0 Å². The maximum absolute atomic E-state index is 13.3. The monoisotopic (exact) mass is 473 g/mol. The third-order valence-corrected chi connectivity index (χ3v) is 6.29. The summed E-state index contributed by atoms with van der Waals surface area (Å²) in [5.74, 6) is 3.53. The number of hydrogen-bond donors (Lipinski definition) is 0. The van der Waals surface area contributed by atoms with Gasteiger partial charge in [0.2, 0.25) is 5.78 Å². The van der Waals surface area contributed by atoms with E-state index in [9.17, 15) is 4.79 Å². The highest BCUT2D eigenvalue weighted by molar-refractivity contribution is 6.15. The highest BCUT2D eigenvalue weighted by Crippen LogP contribution is 2.43. The molecule has 0 aromatic heterocycles. The Kier molecular flexibility index (Phi) is 6.09. The summed E-state index contributed by atoms with van der Waals surface area (Å²) in [4.78, 5) is 15.5. The van der Waals surface area contributed by atoms with Crippen molar-refractivity contribution in [3.05, 3.63) is 82.1 Å². The van der Waals surface area contributed by atoms with E-state index >= 15 is 0 Å². The Morgan fingerprint density at radius 2 is 1.69 bits per heavy atom. The Hall–Kier alpha value is -3.97. The molecule has 5 rings (SSSR count). The minimum absolute atomic E-state index is 0.156. The summed E-state index contributed by atoms with van der Waals surface area (Å²) < 4.78 is 28.1. The van der Waals surface area contributed by atoms with Crippen LogP contribution in [-0.4, -0.2) is 38.7 Å². The Morgan fingerprint density at radius 1 is 0.943 bits per heavy atom. The summed E-state index contributed by atoms with van der Waals surface area (Å²) in [6.45, 7) is 3.79. The van der Waals surface area contributed by atoms with Gasteiger partial charge >= 0.3 is 0 Å². The van der Waals surface area contributed by atoms with Crippen molar-refractivity contribution in [1.29, 1.82) is 0 Å². The molecule has 0 aliphatic carbocycles. The number of allylic oxidation sites excluding steroid dienone is 1. The van der Waals surface area contributed by atoms with Crippen LogP contribution in [0.2, 0.25) is 0 Å². The van der Waals surface area contributed by atoms with Crippen LogP contribution in [-0.2, 0) is 13.1 Å². The Morgan fingerprint density at radius 3 is 2.40 bits per heavy atom. The van der Waals surface area contributed by atoms with Crippen LogP contribution in [0.1, 0.15) is 32.6 Å². The number of methoxy groups -OCH3 is 3. The molecule has 3 aromatic rings. The second kappa shape index (κ2) is 9.35. The topological polar surface area (TPSA) is 66.5 Å². The molecular formula is C28H27NO6. The number of carbonyl (C=O) groups is 1. The van der Waals surface area contributed by atoms with Gasteiger partial charge in [0.25, 0.3) is 0 Å². The summed E-state index contributed by atoms with van der Waals surface area (Å²) in [7, 11) is 4.83. The number of rotatable bonds is 6. The number of ether oxygens (including phenoxy) is 5. The number of carbonyl (C=O) groups excluding carboxylic acids is 1. The Balaban J connectivity index is 1.40. The van der Waals surface area contributed by atoms with Crippen LogP contribution >= 0.6 is 0 Å². The zero-order valence-electron chi connectivity index (χ0n) is 20.2. The van der Waals surface area contributed by atoms with Crippen LogP contribution < -0.4 is 23.7 Å². The van der Waals surface area contributed by atoms with Gasteiger partial charge in [0.05, 0.1) is 26.9 Å². The maximum Gasteiger partial charge on any atom is 0.231 e. The number of ketones is 1. The van der Waals surface area contributed by atoms with E-state index in [1.807, 2.05) is 49.4 Å². The van der Waals surface area contributed by atoms with Gasteiger partial charge in [0.15, 0.2) is 5.76 Å². The Labute approximate surface area is 204 Å². The molecule has 0 spiro atoms. The van der Waals surface area contributed by atoms with E-state index in [0.717, 1.165) is 40.3 Å². The molecule has 0 N–H and O–H groups in total. The molecule has 0 saturated carbocycles. The SMILES string of the molecule is COc1ccc(CN2COc3c(cc4c(c3C)O/C(=C\c3ccc(OC)cc3OC)C4=O)C2)cc1. The smallest absolute Gasteiger partial charge is 0.231 e. The van der Waals surface area contributed by atoms with Crippen molar-refractivity contribution in [3.8, 4) is 28.7 Å². The second-order valence-electron chi connectivity index (χ2n) is 8.52. The predicted octanol–water partition coefficient (Wildman–Crippen LogP) is 4.99. The van der Waals surface area contributed by atoms with Crippen LogP contribution in [0.4, 0.5) is 0 Å². The minimum Gasteiger partial charge on any atom is -0.497 e. The summed E-state index contributed by atoms with van der Waals surface area (Å²) in [5.41, 5.74) is 4.25. The van der Waals surface area contributed by atoms with Crippen LogP contribution in [0.5, 0.6) is 28.7 Å². The van der Waals surface area contributed by atoms with Gasteiger partial charge < -0.3 is 23.7 Å². The lowest BCUT2D eigenvalue weighted by atomic mass is 9.99. The predicted molar refractivity (Wildman–Crippen MR) is 131 cm³/mol. The largest absolute Gasteiger partial charge is 0.497 e. The van der Waals surface area contributed by atoms with Gasteiger partial charge in [-0.05, 0) is 48.9 Å². The quantitative estimate of drug-likeness (QED) is 0.467. The first-order valence-electron chi connectivity index (χ1n) is 11.3. The maximum atomic E-state index is 13.3. The molecule has 0 radical (unpaired) electrons.